The molecule has 0 saturated carbocycles. The van der Waals surface area contributed by atoms with Crippen molar-refractivity contribution in [2.75, 3.05) is 64.2 Å². The second kappa shape index (κ2) is 13.8. The van der Waals surface area contributed by atoms with Crippen molar-refractivity contribution in [1.29, 1.82) is 0 Å². The quantitative estimate of drug-likeness (QED) is 0.319. The van der Waals surface area contributed by atoms with Crippen molar-refractivity contribution in [1.82, 2.24) is 24.7 Å². The number of carbonyl (C=O) groups is 3. The lowest BCUT2D eigenvalue weighted by atomic mass is 10.1. The average Bonchev–Trinajstić information content (AvgIpc) is 3.40. The monoisotopic (exact) mass is 652 g/mol. The number of hydrogen-bond donors (Lipinski definition) is 3. The van der Waals surface area contributed by atoms with Crippen LogP contribution in [0, 0.1) is 11.6 Å². The van der Waals surface area contributed by atoms with E-state index < -0.39 is 29.9 Å². The number of anilines is 1. The average molecular weight is 653 g/mol. The third-order valence-corrected chi connectivity index (χ3v) is 8.13. The van der Waals surface area contributed by atoms with E-state index in [1.165, 1.54) is 34.7 Å². The van der Waals surface area contributed by atoms with Gasteiger partial charge in [-0.15, -0.1) is 0 Å². The summed E-state index contributed by atoms with van der Waals surface area (Å²) in [6.45, 7) is 2.28. The zero-order valence-corrected chi connectivity index (χ0v) is 25.0. The molecule has 0 atom stereocenters. The topological polar surface area (TPSA) is 113 Å². The van der Waals surface area contributed by atoms with Crippen molar-refractivity contribution in [2.45, 2.75) is 6.61 Å². The van der Waals surface area contributed by atoms with Gasteiger partial charge in [0, 0.05) is 57.6 Å². The van der Waals surface area contributed by atoms with Crippen molar-refractivity contribution >= 4 is 35.0 Å². The number of quaternary nitrogens is 1. The van der Waals surface area contributed by atoms with E-state index in [-0.39, 0.29) is 45.2 Å². The van der Waals surface area contributed by atoms with Crippen LogP contribution >= 0.6 is 11.6 Å². The first-order chi connectivity index (χ1) is 21.5. The summed E-state index contributed by atoms with van der Waals surface area (Å²) < 4.78 is 59.0. The predicted octanol–water partition coefficient (Wildman–Crippen LogP) is 1.64. The summed E-state index contributed by atoms with van der Waals surface area (Å²) in [5.41, 5.74) is 0.171. The standard InChI is InChI=1S/C29H30ClF4N7O4/c1-38-21(19-4-5-22(45-29(33)34)25(32)24(19)31)15-36-26(38)27(43)37-17-2-3-18(20(30)14-17)28(44)41-12-10-40(11-13-41)23(42)16-39-8-6-35-7-9-39/h2-5,14-15,29,35H,6-13,16H2,1H3,(H,37,43)/p+1. The van der Waals surface area contributed by atoms with Gasteiger partial charge in [-0.3, -0.25) is 14.4 Å². The molecule has 5 rings (SSSR count). The fourth-order valence-corrected chi connectivity index (χ4v) is 5.61. The van der Waals surface area contributed by atoms with Crippen molar-refractivity contribution in [3.05, 3.63) is 64.6 Å². The van der Waals surface area contributed by atoms with Gasteiger partial charge in [0.15, 0.2) is 23.9 Å². The van der Waals surface area contributed by atoms with E-state index >= 15 is 0 Å². The number of imidazole rings is 1. The fraction of sp³-hybridized carbons (Fsp3) is 0.379. The molecule has 0 unspecified atom stereocenters. The van der Waals surface area contributed by atoms with Crippen LogP contribution in [-0.2, 0) is 11.8 Å². The van der Waals surface area contributed by atoms with Gasteiger partial charge in [0.1, 0.15) is 0 Å². The molecule has 3 N–H and O–H groups in total. The van der Waals surface area contributed by atoms with E-state index in [9.17, 15) is 31.9 Å². The van der Waals surface area contributed by atoms with Gasteiger partial charge >= 0.3 is 6.61 Å². The van der Waals surface area contributed by atoms with Crippen LogP contribution < -0.4 is 20.3 Å². The van der Waals surface area contributed by atoms with Gasteiger partial charge in [-0.1, -0.05) is 11.6 Å². The van der Waals surface area contributed by atoms with Gasteiger partial charge in [0.25, 0.3) is 17.7 Å². The normalized spacial score (nSPS) is 15.8. The Labute approximate surface area is 260 Å². The molecule has 11 nitrogen and oxygen atoms in total. The van der Waals surface area contributed by atoms with E-state index in [1.54, 1.807) is 9.80 Å². The number of aromatic nitrogens is 2. The lowest BCUT2D eigenvalue weighted by Crippen LogP contribution is -3.15. The zero-order chi connectivity index (χ0) is 32.2. The number of nitrogens with zero attached hydrogens (tertiary/aromatic N) is 4. The maximum absolute atomic E-state index is 14.7. The SMILES string of the molecule is Cn1c(-c2ccc(OC(F)F)c(F)c2F)cnc1C(=O)Nc1ccc(C(=O)N2CCN(C(=O)C[NH+]3CCNCC3)CC2)c(Cl)c1. The minimum atomic E-state index is -3.33. The Morgan fingerprint density at radius 3 is 2.40 bits per heavy atom. The molecule has 3 heterocycles. The summed E-state index contributed by atoms with van der Waals surface area (Å²) in [4.78, 5) is 47.6. The molecule has 45 heavy (non-hydrogen) atoms. The van der Waals surface area contributed by atoms with Crippen LogP contribution in [-0.4, -0.2) is 103 Å². The Bertz CT molecular complexity index is 1590. The Kier molecular flexibility index (Phi) is 9.90. The van der Waals surface area contributed by atoms with Crippen LogP contribution in [0.5, 0.6) is 5.75 Å². The molecule has 16 heteroatoms. The molecule has 0 spiro atoms. The zero-order valence-electron chi connectivity index (χ0n) is 24.2. The largest absolute Gasteiger partial charge is 0.432 e. The molecular formula is C29H31ClF4N7O4+. The lowest BCUT2D eigenvalue weighted by molar-refractivity contribution is -0.894. The summed E-state index contributed by atoms with van der Waals surface area (Å²) in [5.74, 6) is -5.10. The molecule has 0 aliphatic carbocycles. The van der Waals surface area contributed by atoms with Crippen LogP contribution in [0.2, 0.25) is 5.02 Å². The first-order valence-electron chi connectivity index (χ1n) is 14.2. The second-order valence-electron chi connectivity index (χ2n) is 10.6. The van der Waals surface area contributed by atoms with E-state index in [0.29, 0.717) is 32.7 Å². The molecule has 0 radical (unpaired) electrons. The number of halogens is 5. The Morgan fingerprint density at radius 2 is 1.73 bits per heavy atom. The van der Waals surface area contributed by atoms with Gasteiger partial charge in [0.05, 0.1) is 35.6 Å². The Morgan fingerprint density at radius 1 is 1.04 bits per heavy atom. The maximum atomic E-state index is 14.7. The number of carbonyl (C=O) groups excluding carboxylic acids is 3. The maximum Gasteiger partial charge on any atom is 0.387 e. The molecule has 0 bridgehead atoms. The van der Waals surface area contributed by atoms with Gasteiger partial charge in [-0.2, -0.15) is 13.2 Å². The summed E-state index contributed by atoms with van der Waals surface area (Å²) in [5, 5.41) is 5.98. The molecule has 240 valence electrons. The number of piperazine rings is 2. The number of alkyl halides is 2. The number of benzene rings is 2. The van der Waals surface area contributed by atoms with E-state index in [1.807, 2.05) is 0 Å². The molecule has 3 aromatic rings. The Hall–Kier alpha value is -4.21. The number of ether oxygens (including phenoxy) is 1. The fourth-order valence-electron chi connectivity index (χ4n) is 5.35. The number of nitrogens with one attached hydrogen (secondary N) is 3. The first-order valence-corrected chi connectivity index (χ1v) is 14.6. The summed E-state index contributed by atoms with van der Waals surface area (Å²) in [6.07, 6.45) is 1.13. The van der Waals surface area contributed by atoms with Crippen LogP contribution in [0.4, 0.5) is 23.2 Å². The third-order valence-electron chi connectivity index (χ3n) is 7.82. The van der Waals surface area contributed by atoms with Gasteiger partial charge < -0.3 is 34.6 Å². The van der Waals surface area contributed by atoms with Crippen molar-refractivity contribution < 1.29 is 41.6 Å². The lowest BCUT2D eigenvalue weighted by Gasteiger charge is -2.35. The van der Waals surface area contributed by atoms with Gasteiger partial charge in [-0.05, 0) is 30.3 Å². The van der Waals surface area contributed by atoms with Crippen molar-refractivity contribution in [3.63, 3.8) is 0 Å². The third kappa shape index (κ3) is 7.21. The highest BCUT2D eigenvalue weighted by Gasteiger charge is 2.29. The van der Waals surface area contributed by atoms with Crippen molar-refractivity contribution in [2.24, 2.45) is 7.05 Å². The van der Waals surface area contributed by atoms with Gasteiger partial charge in [0.2, 0.25) is 5.82 Å². The number of rotatable bonds is 8. The number of amides is 3. The highest BCUT2D eigenvalue weighted by molar-refractivity contribution is 6.34. The highest BCUT2D eigenvalue weighted by atomic mass is 35.5. The number of hydrogen-bond acceptors (Lipinski definition) is 6. The van der Waals surface area contributed by atoms with Crippen LogP contribution in [0.15, 0.2) is 36.5 Å². The highest BCUT2D eigenvalue weighted by Crippen LogP contribution is 2.31. The minimum absolute atomic E-state index is 0.00552. The van der Waals surface area contributed by atoms with Crippen LogP contribution in [0.3, 0.4) is 0 Å². The van der Waals surface area contributed by atoms with E-state index in [0.717, 1.165) is 44.5 Å². The Balaban J connectivity index is 1.20. The molecular weight excluding hydrogens is 622 g/mol. The molecule has 2 aliphatic rings. The predicted molar refractivity (Wildman–Crippen MR) is 156 cm³/mol. The van der Waals surface area contributed by atoms with Crippen LogP contribution in [0.25, 0.3) is 11.3 Å². The summed E-state index contributed by atoms with van der Waals surface area (Å²) in [6, 6.07) is 6.27. The summed E-state index contributed by atoms with van der Waals surface area (Å²) >= 11 is 6.43. The molecule has 1 aromatic heterocycles. The van der Waals surface area contributed by atoms with E-state index in [4.69, 9.17) is 11.6 Å². The smallest absolute Gasteiger partial charge is 0.387 e. The van der Waals surface area contributed by atoms with Crippen molar-refractivity contribution in [3.8, 4) is 17.0 Å². The summed E-state index contributed by atoms with van der Waals surface area (Å²) in [7, 11) is 1.40. The van der Waals surface area contributed by atoms with Crippen LogP contribution in [0.1, 0.15) is 21.0 Å². The second-order valence-corrected chi connectivity index (χ2v) is 11.0. The minimum Gasteiger partial charge on any atom is -0.432 e. The first kappa shape index (κ1) is 32.2. The van der Waals surface area contributed by atoms with Gasteiger partial charge in [-0.25, -0.2) is 9.37 Å². The molecule has 3 amide bonds. The molecule has 2 aliphatic heterocycles. The molecule has 2 fully saturated rings. The molecule has 2 aromatic carbocycles. The molecule has 2 saturated heterocycles. The van der Waals surface area contributed by atoms with E-state index in [2.05, 4.69) is 20.4 Å².